The van der Waals surface area contributed by atoms with Crippen molar-refractivity contribution in [3.8, 4) is 16.9 Å². The zero-order valence-electron chi connectivity index (χ0n) is 16.7. The van der Waals surface area contributed by atoms with Crippen molar-refractivity contribution < 1.29 is 14.2 Å². The van der Waals surface area contributed by atoms with Gasteiger partial charge in [-0.05, 0) is 41.1 Å². The van der Waals surface area contributed by atoms with Gasteiger partial charge in [-0.25, -0.2) is 0 Å². The third kappa shape index (κ3) is 8.76. The number of methoxy groups -OCH3 is 2. The molecule has 2 aromatic rings. The molecule has 0 saturated heterocycles. The summed E-state index contributed by atoms with van der Waals surface area (Å²) < 4.78 is 15.6. The zero-order chi connectivity index (χ0) is 19.3. The quantitative estimate of drug-likeness (QED) is 0.205. The van der Waals surface area contributed by atoms with Crippen LogP contribution >= 0.6 is 35.3 Å². The Morgan fingerprint density at radius 1 is 1.04 bits per heavy atom. The van der Waals surface area contributed by atoms with Gasteiger partial charge in [0, 0.05) is 32.2 Å². The van der Waals surface area contributed by atoms with Gasteiger partial charge >= 0.3 is 0 Å². The predicted octanol–water partition coefficient (Wildman–Crippen LogP) is 3.76. The van der Waals surface area contributed by atoms with Crippen molar-refractivity contribution in [1.82, 2.24) is 10.6 Å². The van der Waals surface area contributed by atoms with E-state index in [2.05, 4.69) is 39.2 Å². The van der Waals surface area contributed by atoms with Crippen molar-refractivity contribution in [1.29, 1.82) is 0 Å². The second-order valence-electron chi connectivity index (χ2n) is 5.84. The van der Waals surface area contributed by atoms with Crippen molar-refractivity contribution in [2.75, 3.05) is 47.6 Å². The van der Waals surface area contributed by atoms with E-state index in [1.54, 1.807) is 32.6 Å². The fraction of sp³-hybridized carbons (Fsp3) is 0.450. The first-order valence-electron chi connectivity index (χ1n) is 9.00. The lowest BCUT2D eigenvalue weighted by Crippen LogP contribution is -2.37. The highest BCUT2D eigenvalue weighted by Gasteiger charge is 2.04. The minimum atomic E-state index is 0. The molecule has 2 N–H and O–H groups in total. The molecule has 0 amide bonds. The molecule has 2 rings (SSSR count). The van der Waals surface area contributed by atoms with Gasteiger partial charge in [0.25, 0.3) is 0 Å². The fourth-order valence-corrected chi connectivity index (χ4v) is 3.26. The molecule has 0 atom stereocenters. The Bertz CT molecular complexity index is 692. The summed E-state index contributed by atoms with van der Waals surface area (Å²) in [5, 5.41) is 8.82. The summed E-state index contributed by atoms with van der Waals surface area (Å²) in [5.74, 6) is 1.67. The van der Waals surface area contributed by atoms with Crippen molar-refractivity contribution >= 4 is 41.3 Å². The minimum absolute atomic E-state index is 0. The average Bonchev–Trinajstić information content (AvgIpc) is 3.18. The van der Waals surface area contributed by atoms with Crippen LogP contribution in [0.1, 0.15) is 11.3 Å². The lowest BCUT2D eigenvalue weighted by molar-refractivity contribution is 0.0698. The number of nitrogens with zero attached hydrogens (tertiary/aromatic N) is 1. The van der Waals surface area contributed by atoms with Gasteiger partial charge < -0.3 is 24.8 Å². The maximum absolute atomic E-state index is 5.45. The third-order valence-electron chi connectivity index (χ3n) is 3.92. The molecule has 28 heavy (non-hydrogen) atoms. The molecule has 0 fully saturated rings. The maximum Gasteiger partial charge on any atom is 0.191 e. The molecule has 1 aromatic carbocycles. The number of rotatable bonds is 11. The number of halogens is 1. The van der Waals surface area contributed by atoms with Crippen LogP contribution in [0, 0.1) is 0 Å². The molecule has 0 unspecified atom stereocenters. The molecule has 0 radical (unpaired) electrons. The van der Waals surface area contributed by atoms with Crippen LogP contribution in [0.4, 0.5) is 0 Å². The molecule has 156 valence electrons. The van der Waals surface area contributed by atoms with Crippen LogP contribution in [0.2, 0.25) is 0 Å². The zero-order valence-corrected chi connectivity index (χ0v) is 19.8. The molecule has 1 aromatic heterocycles. The van der Waals surface area contributed by atoms with Crippen molar-refractivity contribution in [2.45, 2.75) is 13.0 Å². The number of nitrogens with one attached hydrogen (secondary N) is 2. The third-order valence-corrected chi connectivity index (χ3v) is 4.86. The summed E-state index contributed by atoms with van der Waals surface area (Å²) >= 11 is 1.74. The van der Waals surface area contributed by atoms with Gasteiger partial charge in [0.1, 0.15) is 5.75 Å². The van der Waals surface area contributed by atoms with Gasteiger partial charge in [-0.2, -0.15) is 0 Å². The van der Waals surface area contributed by atoms with Gasteiger partial charge in [0.2, 0.25) is 0 Å². The van der Waals surface area contributed by atoms with Crippen LogP contribution < -0.4 is 15.4 Å². The normalized spacial score (nSPS) is 11.0. The SMILES string of the molecule is CN=C(NCCCOCCOC)NCc1cc(-c2ccc(OC)cc2)cs1.I. The van der Waals surface area contributed by atoms with Crippen molar-refractivity contribution in [2.24, 2.45) is 4.99 Å². The molecule has 0 aliphatic heterocycles. The largest absolute Gasteiger partial charge is 0.497 e. The molecular weight excluding hydrogens is 489 g/mol. The Balaban J connectivity index is 0.00000392. The molecule has 1 heterocycles. The summed E-state index contributed by atoms with van der Waals surface area (Å²) in [6, 6.07) is 10.3. The molecular formula is C20H30IN3O3S. The first-order chi connectivity index (χ1) is 13.3. The van der Waals surface area contributed by atoms with E-state index in [9.17, 15) is 0 Å². The highest BCUT2D eigenvalue weighted by atomic mass is 127. The number of benzene rings is 1. The summed E-state index contributed by atoms with van der Waals surface area (Å²) in [6.45, 7) is 3.54. The van der Waals surface area contributed by atoms with Crippen molar-refractivity contribution in [3.05, 3.63) is 40.6 Å². The number of hydrogen-bond acceptors (Lipinski definition) is 5. The highest BCUT2D eigenvalue weighted by molar-refractivity contribution is 14.0. The summed E-state index contributed by atoms with van der Waals surface area (Å²) in [6.07, 6.45) is 0.922. The number of hydrogen-bond donors (Lipinski definition) is 2. The van der Waals surface area contributed by atoms with Gasteiger partial charge in [0.15, 0.2) is 5.96 Å². The molecule has 8 heteroatoms. The van der Waals surface area contributed by atoms with Gasteiger partial charge in [-0.1, -0.05) is 12.1 Å². The van der Waals surface area contributed by atoms with E-state index in [4.69, 9.17) is 14.2 Å². The number of thiophene rings is 1. The van der Waals surface area contributed by atoms with E-state index >= 15 is 0 Å². The first kappa shape index (κ1) is 24.7. The fourth-order valence-electron chi connectivity index (χ4n) is 2.42. The van der Waals surface area contributed by atoms with Crippen LogP contribution in [0.15, 0.2) is 40.7 Å². The Labute approximate surface area is 188 Å². The number of ether oxygens (including phenoxy) is 3. The van der Waals surface area contributed by atoms with Crippen molar-refractivity contribution in [3.63, 3.8) is 0 Å². The van der Waals surface area contributed by atoms with E-state index in [0.717, 1.165) is 31.2 Å². The Morgan fingerprint density at radius 3 is 2.50 bits per heavy atom. The second kappa shape index (κ2) is 14.6. The first-order valence-corrected chi connectivity index (χ1v) is 9.87. The monoisotopic (exact) mass is 519 g/mol. The molecule has 6 nitrogen and oxygen atoms in total. The Morgan fingerprint density at radius 2 is 1.82 bits per heavy atom. The molecule has 0 saturated carbocycles. The molecule has 0 aliphatic carbocycles. The molecule has 0 bridgehead atoms. The smallest absolute Gasteiger partial charge is 0.191 e. The van der Waals surface area contributed by atoms with Crippen LogP contribution in [0.5, 0.6) is 5.75 Å². The van der Waals surface area contributed by atoms with Gasteiger partial charge in [0.05, 0.1) is 26.9 Å². The van der Waals surface area contributed by atoms with Crippen LogP contribution in [-0.4, -0.2) is 53.6 Å². The Kier molecular flexibility index (Phi) is 12.9. The van der Waals surface area contributed by atoms with E-state index in [0.29, 0.717) is 19.8 Å². The number of guanidine groups is 1. The summed E-state index contributed by atoms with van der Waals surface area (Å²) in [4.78, 5) is 5.51. The Hall–Kier alpha value is -1.36. The lowest BCUT2D eigenvalue weighted by atomic mass is 10.1. The topological polar surface area (TPSA) is 64.1 Å². The van der Waals surface area contributed by atoms with Crippen LogP contribution in [-0.2, 0) is 16.0 Å². The van der Waals surface area contributed by atoms with E-state index in [-0.39, 0.29) is 24.0 Å². The minimum Gasteiger partial charge on any atom is -0.497 e. The van der Waals surface area contributed by atoms with E-state index in [1.165, 1.54) is 16.0 Å². The van der Waals surface area contributed by atoms with Gasteiger partial charge in [-0.3, -0.25) is 4.99 Å². The van der Waals surface area contributed by atoms with Gasteiger partial charge in [-0.15, -0.1) is 35.3 Å². The molecule has 0 aliphatic rings. The second-order valence-corrected chi connectivity index (χ2v) is 6.84. The average molecular weight is 519 g/mol. The van der Waals surface area contributed by atoms with E-state index < -0.39 is 0 Å². The molecule has 0 spiro atoms. The lowest BCUT2D eigenvalue weighted by Gasteiger charge is -2.11. The van der Waals surface area contributed by atoms with E-state index in [1.807, 2.05) is 12.1 Å². The predicted molar refractivity (Wildman–Crippen MR) is 127 cm³/mol. The summed E-state index contributed by atoms with van der Waals surface area (Å²) in [7, 11) is 5.13. The highest BCUT2D eigenvalue weighted by Crippen LogP contribution is 2.27. The van der Waals surface area contributed by atoms with Crippen LogP contribution in [0.3, 0.4) is 0 Å². The number of aliphatic imine (C=N–C) groups is 1. The summed E-state index contributed by atoms with van der Waals surface area (Å²) in [5.41, 5.74) is 2.41. The standard InChI is InChI=1S/C20H29N3O3S.HI/c1-21-20(22-9-4-10-26-12-11-24-2)23-14-19-13-17(15-27-19)16-5-7-18(25-3)8-6-16;/h5-8,13,15H,4,9-12,14H2,1-3H3,(H2,21,22,23);1H. The van der Waals surface area contributed by atoms with Crippen LogP contribution in [0.25, 0.3) is 11.1 Å². The maximum atomic E-state index is 5.45.